The summed E-state index contributed by atoms with van der Waals surface area (Å²) in [6, 6.07) is 12.9. The Bertz CT molecular complexity index is 596. The van der Waals surface area contributed by atoms with Crippen molar-refractivity contribution in [2.75, 3.05) is 6.61 Å². The van der Waals surface area contributed by atoms with Crippen LogP contribution in [-0.2, 0) is 0 Å². The molecule has 0 bridgehead atoms. The number of hydrogen-bond donors (Lipinski definition) is 0. The molecule has 0 aromatic heterocycles. The highest BCUT2D eigenvalue weighted by molar-refractivity contribution is 9.09. The number of carbonyl (C=O) groups is 1. The second kappa shape index (κ2) is 6.66. The van der Waals surface area contributed by atoms with Crippen LogP contribution in [0.4, 0.5) is 4.39 Å². The van der Waals surface area contributed by atoms with Gasteiger partial charge in [-0.2, -0.15) is 0 Å². The number of ether oxygens (including phenoxy) is 1. The first-order valence-corrected chi connectivity index (χ1v) is 7.20. The third-order valence-electron chi connectivity index (χ3n) is 2.82. The summed E-state index contributed by atoms with van der Waals surface area (Å²) in [5, 5.41) is 0. The Labute approximate surface area is 125 Å². The first-order valence-electron chi connectivity index (χ1n) is 6.28. The van der Waals surface area contributed by atoms with Crippen molar-refractivity contribution < 1.29 is 13.9 Å². The molecular formula is C16H14BrFO2. The van der Waals surface area contributed by atoms with E-state index in [-0.39, 0.29) is 11.6 Å². The van der Waals surface area contributed by atoms with Crippen molar-refractivity contribution in [3.05, 3.63) is 65.5 Å². The number of rotatable bonds is 5. The lowest BCUT2D eigenvalue weighted by atomic mass is 10.0. The van der Waals surface area contributed by atoms with Gasteiger partial charge in [0.15, 0.2) is 5.78 Å². The van der Waals surface area contributed by atoms with Crippen LogP contribution in [0.15, 0.2) is 48.5 Å². The van der Waals surface area contributed by atoms with Crippen LogP contribution in [0.1, 0.15) is 27.7 Å². The molecule has 0 aliphatic carbocycles. The zero-order valence-electron chi connectivity index (χ0n) is 11.0. The van der Waals surface area contributed by atoms with Crippen molar-refractivity contribution >= 4 is 21.7 Å². The lowest BCUT2D eigenvalue weighted by molar-refractivity contribution is 0.0991. The molecule has 2 aromatic rings. The largest absolute Gasteiger partial charge is 0.494 e. The molecule has 4 heteroatoms. The van der Waals surface area contributed by atoms with Crippen LogP contribution >= 0.6 is 15.9 Å². The minimum Gasteiger partial charge on any atom is -0.494 e. The summed E-state index contributed by atoms with van der Waals surface area (Å²) in [7, 11) is 0. The molecule has 0 aliphatic rings. The first-order chi connectivity index (χ1) is 9.61. The Balaban J connectivity index is 2.18. The van der Waals surface area contributed by atoms with E-state index in [1.807, 2.05) is 6.92 Å². The van der Waals surface area contributed by atoms with Crippen molar-refractivity contribution in [1.82, 2.24) is 0 Å². The van der Waals surface area contributed by atoms with Gasteiger partial charge in [0.25, 0.3) is 0 Å². The minimum absolute atomic E-state index is 0.112. The predicted molar refractivity (Wildman–Crippen MR) is 80.0 cm³/mol. The van der Waals surface area contributed by atoms with Crippen LogP contribution < -0.4 is 4.74 Å². The third kappa shape index (κ3) is 3.45. The molecule has 20 heavy (non-hydrogen) atoms. The van der Waals surface area contributed by atoms with Gasteiger partial charge in [-0.1, -0.05) is 28.1 Å². The lowest BCUT2D eigenvalue weighted by Crippen LogP contribution is -2.07. The fourth-order valence-electron chi connectivity index (χ4n) is 1.84. The fourth-order valence-corrected chi connectivity index (χ4v) is 2.39. The molecule has 2 aromatic carbocycles. The molecule has 0 fully saturated rings. The summed E-state index contributed by atoms with van der Waals surface area (Å²) in [5.41, 5.74) is 1.16. The highest BCUT2D eigenvalue weighted by Crippen LogP contribution is 2.28. The van der Waals surface area contributed by atoms with Gasteiger partial charge in [0, 0.05) is 5.56 Å². The number of alkyl halides is 1. The van der Waals surface area contributed by atoms with E-state index in [9.17, 15) is 9.18 Å². The van der Waals surface area contributed by atoms with Gasteiger partial charge in [0.1, 0.15) is 16.4 Å². The summed E-state index contributed by atoms with van der Waals surface area (Å²) in [4.78, 5) is 11.8. The van der Waals surface area contributed by atoms with Crippen molar-refractivity contribution in [3.63, 3.8) is 0 Å². The van der Waals surface area contributed by atoms with E-state index in [1.165, 1.54) is 12.1 Å². The first kappa shape index (κ1) is 14.7. The number of hydrogen-bond acceptors (Lipinski definition) is 2. The van der Waals surface area contributed by atoms with Gasteiger partial charge >= 0.3 is 0 Å². The van der Waals surface area contributed by atoms with E-state index in [4.69, 9.17) is 4.74 Å². The fraction of sp³-hybridized carbons (Fsp3) is 0.188. The Hall–Kier alpha value is -1.68. The zero-order valence-corrected chi connectivity index (χ0v) is 12.6. The van der Waals surface area contributed by atoms with E-state index in [0.717, 1.165) is 5.75 Å². The number of Topliss-reactive ketones (excluding diaryl/α,β-unsaturated/α-hetero) is 1. The molecule has 0 N–H and O–H groups in total. The topological polar surface area (TPSA) is 26.3 Å². The van der Waals surface area contributed by atoms with Crippen LogP contribution in [0.3, 0.4) is 0 Å². The number of carbonyl (C=O) groups excluding carboxylic acids is 1. The zero-order chi connectivity index (χ0) is 14.5. The van der Waals surface area contributed by atoms with E-state index in [1.54, 1.807) is 36.4 Å². The molecular weight excluding hydrogens is 323 g/mol. The smallest absolute Gasteiger partial charge is 0.180 e. The third-order valence-corrected chi connectivity index (χ3v) is 3.77. The van der Waals surface area contributed by atoms with Crippen molar-refractivity contribution in [2.45, 2.75) is 11.8 Å². The molecule has 0 radical (unpaired) electrons. The van der Waals surface area contributed by atoms with E-state index in [2.05, 4.69) is 15.9 Å². The molecule has 0 heterocycles. The Morgan fingerprint density at radius 2 is 1.95 bits per heavy atom. The van der Waals surface area contributed by atoms with Crippen LogP contribution in [-0.4, -0.2) is 12.4 Å². The quantitative estimate of drug-likeness (QED) is 0.591. The highest BCUT2D eigenvalue weighted by atomic mass is 79.9. The van der Waals surface area contributed by atoms with Gasteiger partial charge in [-0.05, 0) is 48.9 Å². The van der Waals surface area contributed by atoms with E-state index < -0.39 is 4.83 Å². The highest BCUT2D eigenvalue weighted by Gasteiger charge is 2.19. The van der Waals surface area contributed by atoms with Gasteiger partial charge in [0.2, 0.25) is 0 Å². The second-order valence-corrected chi connectivity index (χ2v) is 5.15. The van der Waals surface area contributed by atoms with Gasteiger partial charge < -0.3 is 4.74 Å². The van der Waals surface area contributed by atoms with Crippen molar-refractivity contribution in [1.29, 1.82) is 0 Å². The maximum atomic E-state index is 13.2. The molecule has 104 valence electrons. The summed E-state index contributed by atoms with van der Waals surface area (Å²) >= 11 is 3.32. The molecule has 1 atom stereocenters. The Kier molecular flexibility index (Phi) is 4.90. The Morgan fingerprint density at radius 3 is 2.55 bits per heavy atom. The van der Waals surface area contributed by atoms with Crippen molar-refractivity contribution in [3.8, 4) is 5.75 Å². The van der Waals surface area contributed by atoms with Gasteiger partial charge in [-0.15, -0.1) is 0 Å². The molecule has 0 saturated carbocycles. The van der Waals surface area contributed by atoms with E-state index in [0.29, 0.717) is 17.7 Å². The van der Waals surface area contributed by atoms with Crippen LogP contribution in [0.5, 0.6) is 5.75 Å². The maximum absolute atomic E-state index is 13.2. The monoisotopic (exact) mass is 336 g/mol. The summed E-state index contributed by atoms with van der Waals surface area (Å²) in [6.07, 6.45) is 0. The van der Waals surface area contributed by atoms with Crippen LogP contribution in [0, 0.1) is 5.82 Å². The van der Waals surface area contributed by atoms with E-state index >= 15 is 0 Å². The number of ketones is 1. The average molecular weight is 337 g/mol. The van der Waals surface area contributed by atoms with Gasteiger partial charge in [-0.3, -0.25) is 4.79 Å². The predicted octanol–water partition coefficient (Wildman–Crippen LogP) is 4.54. The second-order valence-electron chi connectivity index (χ2n) is 4.24. The van der Waals surface area contributed by atoms with Crippen molar-refractivity contribution in [2.24, 2.45) is 0 Å². The Morgan fingerprint density at radius 1 is 1.25 bits per heavy atom. The van der Waals surface area contributed by atoms with Crippen LogP contribution in [0.2, 0.25) is 0 Å². The molecule has 2 rings (SSSR count). The molecule has 0 aliphatic heterocycles. The SMILES string of the molecule is CCOc1ccc(C(=O)C(Br)c2cccc(F)c2)cc1. The number of benzene rings is 2. The summed E-state index contributed by atoms with van der Waals surface area (Å²) in [6.45, 7) is 2.48. The number of halogens is 2. The summed E-state index contributed by atoms with van der Waals surface area (Å²) in [5.74, 6) is 0.256. The normalized spacial score (nSPS) is 11.9. The minimum atomic E-state index is -0.559. The average Bonchev–Trinajstić information content (AvgIpc) is 2.47. The molecule has 1 unspecified atom stereocenters. The standard InChI is InChI=1S/C16H14BrFO2/c1-2-20-14-8-6-11(7-9-14)16(19)15(17)12-4-3-5-13(18)10-12/h3-10,15H,2H2,1H3. The maximum Gasteiger partial charge on any atom is 0.180 e. The van der Waals surface area contributed by atoms with Crippen LogP contribution in [0.25, 0.3) is 0 Å². The lowest BCUT2D eigenvalue weighted by Gasteiger charge is -2.10. The van der Waals surface area contributed by atoms with Gasteiger partial charge in [0.05, 0.1) is 6.61 Å². The molecule has 2 nitrogen and oxygen atoms in total. The molecule has 0 spiro atoms. The molecule has 0 amide bonds. The molecule has 0 saturated heterocycles. The summed E-state index contributed by atoms with van der Waals surface area (Å²) < 4.78 is 18.5. The van der Waals surface area contributed by atoms with Gasteiger partial charge in [-0.25, -0.2) is 4.39 Å².